The van der Waals surface area contributed by atoms with Gasteiger partial charge in [0, 0.05) is 51.5 Å². The van der Waals surface area contributed by atoms with Crippen LogP contribution in [-0.2, 0) is 11.2 Å². The first kappa shape index (κ1) is 35.7. The van der Waals surface area contributed by atoms with Crippen molar-refractivity contribution in [2.75, 3.05) is 43.4 Å². The number of aromatic amines is 1. The summed E-state index contributed by atoms with van der Waals surface area (Å²) in [6.45, 7) is 11.3. The molecular formula is C35H52N8O4. The summed E-state index contributed by atoms with van der Waals surface area (Å²) in [7, 11) is 1.89. The first-order valence-corrected chi connectivity index (χ1v) is 16.5. The highest BCUT2D eigenvalue weighted by Crippen LogP contribution is 2.38. The van der Waals surface area contributed by atoms with E-state index in [0.29, 0.717) is 25.0 Å². The SMILES string of the molecule is CC(C)(O)O.CNc1ncnc2c1ccn2[C@H]1CC[C@@H](CN(CCCN(CCc2ccccc2)C(=O)OC(C)(C)C)c2ccn[nH]2)C1. The van der Waals surface area contributed by atoms with E-state index in [9.17, 15) is 4.79 Å². The van der Waals surface area contributed by atoms with E-state index in [1.165, 1.54) is 19.4 Å². The van der Waals surface area contributed by atoms with Gasteiger partial charge in [0.15, 0.2) is 5.79 Å². The van der Waals surface area contributed by atoms with Gasteiger partial charge in [0.25, 0.3) is 0 Å². The van der Waals surface area contributed by atoms with E-state index in [2.05, 4.69) is 59.3 Å². The largest absolute Gasteiger partial charge is 0.444 e. The van der Waals surface area contributed by atoms with Crippen molar-refractivity contribution in [2.45, 2.75) is 84.2 Å². The number of fused-ring (bicyclic) bond motifs is 1. The highest BCUT2D eigenvalue weighted by molar-refractivity contribution is 5.87. The summed E-state index contributed by atoms with van der Waals surface area (Å²) in [4.78, 5) is 26.3. The van der Waals surface area contributed by atoms with Crippen LogP contribution < -0.4 is 10.2 Å². The third kappa shape index (κ3) is 11.2. The molecule has 0 bridgehead atoms. The molecule has 1 amide bonds. The third-order valence-electron chi connectivity index (χ3n) is 7.98. The summed E-state index contributed by atoms with van der Waals surface area (Å²) in [6.07, 6.45) is 10.3. The summed E-state index contributed by atoms with van der Waals surface area (Å²) >= 11 is 0. The molecule has 3 aromatic heterocycles. The lowest BCUT2D eigenvalue weighted by Crippen LogP contribution is -2.40. The van der Waals surface area contributed by atoms with Gasteiger partial charge in [0.05, 0.1) is 11.6 Å². The lowest BCUT2D eigenvalue weighted by atomic mass is 10.1. The second kappa shape index (κ2) is 16.1. The number of anilines is 2. The minimum atomic E-state index is -1.50. The van der Waals surface area contributed by atoms with E-state index >= 15 is 0 Å². The number of aliphatic hydroxyl groups is 2. The molecule has 1 fully saturated rings. The zero-order valence-electron chi connectivity index (χ0n) is 28.7. The fourth-order valence-electron chi connectivity index (χ4n) is 5.96. The number of nitrogens with zero attached hydrogens (tertiary/aromatic N) is 6. The number of carbonyl (C=O) groups is 1. The van der Waals surface area contributed by atoms with Crippen LogP contribution in [0.15, 0.2) is 61.2 Å². The van der Waals surface area contributed by atoms with Crippen molar-refractivity contribution in [1.82, 2.24) is 29.6 Å². The van der Waals surface area contributed by atoms with Crippen LogP contribution in [0.4, 0.5) is 16.4 Å². The maximum Gasteiger partial charge on any atom is 0.410 e. The van der Waals surface area contributed by atoms with Crippen LogP contribution in [0.2, 0.25) is 0 Å². The summed E-state index contributed by atoms with van der Waals surface area (Å²) in [5.74, 6) is 0.925. The third-order valence-corrected chi connectivity index (χ3v) is 7.98. The van der Waals surface area contributed by atoms with Crippen LogP contribution in [0.25, 0.3) is 11.0 Å². The van der Waals surface area contributed by atoms with Crippen LogP contribution in [0.5, 0.6) is 0 Å². The predicted octanol–water partition coefficient (Wildman–Crippen LogP) is 5.62. The summed E-state index contributed by atoms with van der Waals surface area (Å²) in [5.41, 5.74) is 1.67. The predicted molar refractivity (Wildman–Crippen MR) is 185 cm³/mol. The molecule has 0 saturated heterocycles. The Labute approximate surface area is 278 Å². The number of amides is 1. The van der Waals surface area contributed by atoms with Crippen molar-refractivity contribution in [1.29, 1.82) is 0 Å². The summed E-state index contributed by atoms with van der Waals surface area (Å²) in [5, 5.41) is 27.8. The quantitative estimate of drug-likeness (QED) is 0.144. The van der Waals surface area contributed by atoms with Crippen molar-refractivity contribution in [3.63, 3.8) is 0 Å². The van der Waals surface area contributed by atoms with Crippen molar-refractivity contribution in [3.8, 4) is 0 Å². The molecule has 4 aromatic rings. The Bertz CT molecular complexity index is 1510. The summed E-state index contributed by atoms with van der Waals surface area (Å²) < 4.78 is 8.08. The topological polar surface area (TPSA) is 145 Å². The number of carbonyl (C=O) groups excluding carboxylic acids is 1. The molecular weight excluding hydrogens is 596 g/mol. The number of hydrogen-bond acceptors (Lipinski definition) is 9. The Hall–Kier alpha value is -4.16. The Morgan fingerprint density at radius 2 is 1.79 bits per heavy atom. The van der Waals surface area contributed by atoms with Crippen LogP contribution in [0.1, 0.15) is 71.9 Å². The van der Waals surface area contributed by atoms with E-state index in [1.54, 1.807) is 12.5 Å². The number of benzene rings is 1. The molecule has 1 aliphatic carbocycles. The van der Waals surface area contributed by atoms with E-state index < -0.39 is 11.4 Å². The van der Waals surface area contributed by atoms with E-state index in [0.717, 1.165) is 67.9 Å². The highest BCUT2D eigenvalue weighted by Gasteiger charge is 2.29. The van der Waals surface area contributed by atoms with Gasteiger partial charge >= 0.3 is 6.09 Å². The van der Waals surface area contributed by atoms with Crippen LogP contribution in [0.3, 0.4) is 0 Å². The Morgan fingerprint density at radius 3 is 2.45 bits per heavy atom. The average Bonchev–Trinajstić information content (AvgIpc) is 3.78. The van der Waals surface area contributed by atoms with Gasteiger partial charge in [0.2, 0.25) is 0 Å². The van der Waals surface area contributed by atoms with Crippen LogP contribution >= 0.6 is 0 Å². The van der Waals surface area contributed by atoms with Gasteiger partial charge in [-0.1, -0.05) is 30.3 Å². The standard InChI is InChI=1S/C32H44N8O2.C3H8O2/c1-32(2,3)42-31(41)38(19-14-24-9-6-5-7-10-24)17-8-18-39(28-13-16-36-37-28)22-25-11-12-26(21-25)40-20-15-27-29(33-4)34-23-35-30(27)40;1-3(2,4)5/h5-7,9-10,13,15-16,20,23,25-26H,8,11-12,14,17-19,21-22H2,1-4H3,(H,36,37)(H,33,34,35);4-5H,1-2H3/t25-,26+;/m1./s1. The average molecular weight is 649 g/mol. The molecule has 0 radical (unpaired) electrons. The zero-order chi connectivity index (χ0) is 34.0. The van der Waals surface area contributed by atoms with Gasteiger partial charge in [-0.15, -0.1) is 0 Å². The summed E-state index contributed by atoms with van der Waals surface area (Å²) in [6, 6.07) is 14.8. The highest BCUT2D eigenvalue weighted by atomic mass is 16.6. The Morgan fingerprint density at radius 1 is 1.04 bits per heavy atom. The molecule has 1 aliphatic rings. The van der Waals surface area contributed by atoms with Gasteiger partial charge in [0.1, 0.15) is 29.2 Å². The molecule has 12 heteroatoms. The molecule has 1 aromatic carbocycles. The van der Waals surface area contributed by atoms with Gasteiger partial charge < -0.3 is 34.6 Å². The fraction of sp³-hybridized carbons (Fsp3) is 0.543. The molecule has 3 heterocycles. The fourth-order valence-corrected chi connectivity index (χ4v) is 5.96. The van der Waals surface area contributed by atoms with Gasteiger partial charge in [-0.05, 0) is 84.3 Å². The first-order valence-electron chi connectivity index (χ1n) is 16.5. The van der Waals surface area contributed by atoms with E-state index in [4.69, 9.17) is 14.9 Å². The molecule has 256 valence electrons. The van der Waals surface area contributed by atoms with Crippen LogP contribution in [-0.4, -0.2) is 90.6 Å². The second-order valence-electron chi connectivity index (χ2n) is 13.7. The molecule has 1 saturated carbocycles. The maximum absolute atomic E-state index is 13.1. The van der Waals surface area contributed by atoms with Crippen molar-refractivity contribution < 1.29 is 19.7 Å². The number of rotatable bonds is 12. The van der Waals surface area contributed by atoms with Crippen molar-refractivity contribution in [3.05, 3.63) is 66.7 Å². The minimum absolute atomic E-state index is 0.255. The molecule has 0 unspecified atom stereocenters. The molecule has 5 rings (SSSR count). The van der Waals surface area contributed by atoms with Crippen LogP contribution in [0, 0.1) is 5.92 Å². The van der Waals surface area contributed by atoms with E-state index in [-0.39, 0.29) is 6.09 Å². The zero-order valence-corrected chi connectivity index (χ0v) is 28.7. The van der Waals surface area contributed by atoms with Gasteiger partial charge in [-0.2, -0.15) is 5.10 Å². The van der Waals surface area contributed by atoms with Crippen molar-refractivity contribution in [2.24, 2.45) is 5.92 Å². The molecule has 47 heavy (non-hydrogen) atoms. The molecule has 4 N–H and O–H groups in total. The number of H-pyrrole nitrogens is 1. The maximum atomic E-state index is 13.1. The monoisotopic (exact) mass is 648 g/mol. The second-order valence-corrected chi connectivity index (χ2v) is 13.7. The number of aromatic nitrogens is 5. The van der Waals surface area contributed by atoms with Crippen molar-refractivity contribution >= 4 is 28.8 Å². The molecule has 12 nitrogen and oxygen atoms in total. The van der Waals surface area contributed by atoms with Gasteiger partial charge in [-0.3, -0.25) is 5.10 Å². The lowest BCUT2D eigenvalue weighted by Gasteiger charge is -2.30. The molecule has 2 atom stereocenters. The van der Waals surface area contributed by atoms with Gasteiger partial charge in [-0.25, -0.2) is 14.8 Å². The molecule has 0 aliphatic heterocycles. The number of nitrogens with one attached hydrogen (secondary N) is 2. The normalized spacial score (nSPS) is 16.4. The number of ether oxygens (including phenoxy) is 1. The Balaban J connectivity index is 0.000000930. The minimum Gasteiger partial charge on any atom is -0.444 e. The first-order chi connectivity index (χ1) is 22.3. The lowest BCUT2D eigenvalue weighted by molar-refractivity contribution is -0.127. The smallest absolute Gasteiger partial charge is 0.410 e. The van der Waals surface area contributed by atoms with E-state index in [1.807, 2.05) is 57.0 Å². The Kier molecular flexibility index (Phi) is 12.2. The molecule has 0 spiro atoms. The number of hydrogen-bond donors (Lipinski definition) is 4.